The number of nitrogens with one attached hydrogen (secondary N) is 2. The van der Waals surface area contributed by atoms with Gasteiger partial charge in [0.1, 0.15) is 22.3 Å². The monoisotopic (exact) mass is 445 g/mol. The van der Waals surface area contributed by atoms with Crippen LogP contribution in [0.4, 0.5) is 32.0 Å². The van der Waals surface area contributed by atoms with Gasteiger partial charge in [0.15, 0.2) is 0 Å². The summed E-state index contributed by atoms with van der Waals surface area (Å²) >= 11 is 0. The lowest BCUT2D eigenvalue weighted by Gasteiger charge is -2.12. The maximum atomic E-state index is 14.0. The van der Waals surface area contributed by atoms with Crippen molar-refractivity contribution in [1.82, 2.24) is 4.98 Å². The van der Waals surface area contributed by atoms with E-state index in [4.69, 9.17) is 5.26 Å². The van der Waals surface area contributed by atoms with Gasteiger partial charge < -0.3 is 4.98 Å². The molecule has 0 aliphatic carbocycles. The zero-order valence-corrected chi connectivity index (χ0v) is 15.3. The van der Waals surface area contributed by atoms with Gasteiger partial charge in [0.25, 0.3) is 10.0 Å². The molecule has 0 amide bonds. The number of hydrogen-bond donors (Lipinski definition) is 2. The number of sulfonamides is 1. The Labute approximate surface area is 165 Å². The van der Waals surface area contributed by atoms with Crippen LogP contribution in [0.3, 0.4) is 0 Å². The molecule has 156 valence electrons. The Bertz CT molecular complexity index is 1280. The SMILES string of the molecule is N#Cc1ccc(F)c(-c2cc(S(=O)(=O)Nc3cc(F)c(C(F)(F)F)cc3F)c[nH]2)c1. The van der Waals surface area contributed by atoms with Crippen molar-refractivity contribution in [3.8, 4) is 17.3 Å². The molecule has 0 fully saturated rings. The third-order valence-corrected chi connectivity index (χ3v) is 5.30. The summed E-state index contributed by atoms with van der Waals surface area (Å²) in [5.41, 5.74) is -2.99. The molecule has 0 aliphatic rings. The molecule has 0 atom stereocenters. The second-order valence-corrected chi connectivity index (χ2v) is 7.65. The number of halogens is 6. The fourth-order valence-electron chi connectivity index (χ4n) is 2.53. The van der Waals surface area contributed by atoms with Gasteiger partial charge in [-0.1, -0.05) is 0 Å². The van der Waals surface area contributed by atoms with E-state index in [9.17, 15) is 34.8 Å². The third-order valence-electron chi connectivity index (χ3n) is 3.96. The minimum atomic E-state index is -5.17. The number of rotatable bonds is 4. The first kappa shape index (κ1) is 21.3. The lowest BCUT2D eigenvalue weighted by Crippen LogP contribution is -2.15. The fraction of sp³-hybridized carbons (Fsp3) is 0.0556. The second-order valence-electron chi connectivity index (χ2n) is 5.97. The third kappa shape index (κ3) is 4.11. The van der Waals surface area contributed by atoms with Crippen LogP contribution in [0.1, 0.15) is 11.1 Å². The summed E-state index contributed by atoms with van der Waals surface area (Å²) < 4.78 is 106. The lowest BCUT2D eigenvalue weighted by molar-refractivity contribution is -0.140. The van der Waals surface area contributed by atoms with E-state index < -0.39 is 49.8 Å². The zero-order chi connectivity index (χ0) is 22.3. The van der Waals surface area contributed by atoms with E-state index in [0.717, 1.165) is 24.4 Å². The van der Waals surface area contributed by atoms with Crippen molar-refractivity contribution in [3.63, 3.8) is 0 Å². The second kappa shape index (κ2) is 7.42. The molecule has 2 N–H and O–H groups in total. The van der Waals surface area contributed by atoms with E-state index in [1.165, 1.54) is 6.07 Å². The summed E-state index contributed by atoms with van der Waals surface area (Å²) in [5, 5.41) is 8.89. The summed E-state index contributed by atoms with van der Waals surface area (Å²) in [6.07, 6.45) is -4.26. The first-order chi connectivity index (χ1) is 13.9. The van der Waals surface area contributed by atoms with Crippen molar-refractivity contribution in [1.29, 1.82) is 5.26 Å². The highest BCUT2D eigenvalue weighted by Gasteiger charge is 2.35. The number of nitriles is 1. The molecule has 1 heterocycles. The Morgan fingerprint density at radius 2 is 1.67 bits per heavy atom. The molecule has 0 spiro atoms. The summed E-state index contributed by atoms with van der Waals surface area (Å²) in [4.78, 5) is 1.95. The van der Waals surface area contributed by atoms with Gasteiger partial charge in [-0.05, 0) is 30.3 Å². The standard InChI is InChI=1S/C18H9F6N3O2S/c19-13-2-1-9(7-25)3-11(13)16-4-10(8-26-16)30(28,29)27-17-6-14(20)12(5-15(17)21)18(22,23)24/h1-6,8,26-27H. The summed E-state index contributed by atoms with van der Waals surface area (Å²) in [6.45, 7) is 0. The van der Waals surface area contributed by atoms with Crippen LogP contribution >= 0.6 is 0 Å². The lowest BCUT2D eigenvalue weighted by atomic mass is 10.1. The smallest absolute Gasteiger partial charge is 0.360 e. The first-order valence-electron chi connectivity index (χ1n) is 7.90. The van der Waals surface area contributed by atoms with Crippen LogP contribution in [0, 0.1) is 28.8 Å². The highest BCUT2D eigenvalue weighted by molar-refractivity contribution is 7.92. The van der Waals surface area contributed by atoms with Gasteiger partial charge in [-0.3, -0.25) is 4.72 Å². The molecule has 30 heavy (non-hydrogen) atoms. The average Bonchev–Trinajstić information content (AvgIpc) is 3.14. The fourth-order valence-corrected chi connectivity index (χ4v) is 3.58. The highest BCUT2D eigenvalue weighted by Crippen LogP contribution is 2.34. The number of nitrogens with zero attached hydrogens (tertiary/aromatic N) is 1. The number of aromatic nitrogens is 1. The number of aromatic amines is 1. The van der Waals surface area contributed by atoms with Gasteiger partial charge >= 0.3 is 6.18 Å². The van der Waals surface area contributed by atoms with E-state index >= 15 is 0 Å². The minimum Gasteiger partial charge on any atom is -0.360 e. The molecule has 3 rings (SSSR count). The van der Waals surface area contributed by atoms with Crippen molar-refractivity contribution in [2.24, 2.45) is 0 Å². The van der Waals surface area contributed by atoms with Gasteiger partial charge in [-0.15, -0.1) is 0 Å². The maximum Gasteiger partial charge on any atom is 0.419 e. The van der Waals surface area contributed by atoms with Crippen LogP contribution in [-0.2, 0) is 16.2 Å². The number of benzene rings is 2. The zero-order valence-electron chi connectivity index (χ0n) is 14.5. The molecule has 0 aliphatic heterocycles. The van der Waals surface area contributed by atoms with Crippen molar-refractivity contribution in [3.05, 3.63) is 71.2 Å². The Morgan fingerprint density at radius 3 is 2.30 bits per heavy atom. The van der Waals surface area contributed by atoms with Crippen molar-refractivity contribution in [2.45, 2.75) is 11.1 Å². The van der Waals surface area contributed by atoms with Crippen LogP contribution in [0.25, 0.3) is 11.3 Å². The quantitative estimate of drug-likeness (QED) is 0.567. The normalized spacial score (nSPS) is 11.9. The molecule has 0 saturated carbocycles. The van der Waals surface area contributed by atoms with Crippen LogP contribution in [0.15, 0.2) is 47.5 Å². The Hall–Kier alpha value is -3.46. The molecular formula is C18H9F6N3O2S. The molecular weight excluding hydrogens is 436 g/mol. The van der Waals surface area contributed by atoms with Crippen molar-refractivity contribution in [2.75, 3.05) is 4.72 Å². The molecule has 1 aromatic heterocycles. The molecule has 0 bridgehead atoms. The topological polar surface area (TPSA) is 85.8 Å². The predicted octanol–water partition coefficient (Wildman–Crippen LogP) is 4.79. The van der Waals surface area contributed by atoms with E-state index in [1.54, 1.807) is 10.8 Å². The predicted molar refractivity (Wildman–Crippen MR) is 93.1 cm³/mol. The molecule has 12 heteroatoms. The number of H-pyrrole nitrogens is 1. The molecule has 0 radical (unpaired) electrons. The Morgan fingerprint density at radius 1 is 0.967 bits per heavy atom. The molecule has 2 aromatic carbocycles. The van der Waals surface area contributed by atoms with E-state index in [1.807, 2.05) is 0 Å². The molecule has 3 aromatic rings. The molecule has 0 unspecified atom stereocenters. The van der Waals surface area contributed by atoms with Crippen molar-refractivity contribution < 1.29 is 34.8 Å². The van der Waals surface area contributed by atoms with Gasteiger partial charge in [0, 0.05) is 23.5 Å². The van der Waals surface area contributed by atoms with E-state index in [0.29, 0.717) is 0 Å². The Kier molecular flexibility index (Phi) is 5.25. The van der Waals surface area contributed by atoms with Crippen LogP contribution in [0.5, 0.6) is 0 Å². The highest BCUT2D eigenvalue weighted by atomic mass is 32.2. The van der Waals surface area contributed by atoms with Crippen LogP contribution < -0.4 is 4.72 Å². The van der Waals surface area contributed by atoms with Crippen molar-refractivity contribution >= 4 is 15.7 Å². The van der Waals surface area contributed by atoms with Crippen LogP contribution in [-0.4, -0.2) is 13.4 Å². The van der Waals surface area contributed by atoms with Crippen LogP contribution in [0.2, 0.25) is 0 Å². The number of alkyl halides is 3. The summed E-state index contributed by atoms with van der Waals surface area (Å²) in [6, 6.07) is 6.03. The van der Waals surface area contributed by atoms with Gasteiger partial charge in [0.05, 0.1) is 22.9 Å². The molecule has 0 saturated heterocycles. The number of hydrogen-bond acceptors (Lipinski definition) is 3. The first-order valence-corrected chi connectivity index (χ1v) is 9.38. The van der Waals surface area contributed by atoms with E-state index in [-0.39, 0.29) is 29.0 Å². The largest absolute Gasteiger partial charge is 0.419 e. The Balaban J connectivity index is 1.95. The average molecular weight is 445 g/mol. The van der Waals surface area contributed by atoms with Gasteiger partial charge in [0.2, 0.25) is 0 Å². The van der Waals surface area contributed by atoms with Gasteiger partial charge in [-0.25, -0.2) is 21.6 Å². The number of anilines is 1. The maximum absolute atomic E-state index is 14.0. The molecule has 5 nitrogen and oxygen atoms in total. The summed E-state index contributed by atoms with van der Waals surface area (Å²) in [7, 11) is -4.57. The van der Waals surface area contributed by atoms with E-state index in [2.05, 4.69) is 4.98 Å². The summed E-state index contributed by atoms with van der Waals surface area (Å²) in [5.74, 6) is -4.27. The van der Waals surface area contributed by atoms with Gasteiger partial charge in [-0.2, -0.15) is 18.4 Å². The minimum absolute atomic E-state index is 0.0379.